The van der Waals surface area contributed by atoms with Crippen LogP contribution in [0.1, 0.15) is 11.1 Å². The Balaban J connectivity index is 2.12. The number of benzene rings is 2. The molecule has 0 fully saturated rings. The smallest absolute Gasteiger partial charge is 0.168 e. The van der Waals surface area contributed by atoms with Crippen molar-refractivity contribution in [2.24, 2.45) is 5.73 Å². The van der Waals surface area contributed by atoms with E-state index < -0.39 is 17.7 Å². The summed E-state index contributed by atoms with van der Waals surface area (Å²) in [7, 11) is 1.41. The highest BCUT2D eigenvalue weighted by molar-refractivity contribution is 6.30. The van der Waals surface area contributed by atoms with Crippen molar-refractivity contribution in [3.05, 3.63) is 64.2 Å². The van der Waals surface area contributed by atoms with Crippen LogP contribution in [0.15, 0.2) is 36.4 Å². The zero-order valence-corrected chi connectivity index (χ0v) is 12.3. The number of hydrogen-bond acceptors (Lipinski definition) is 2. The SMILES string of the molecule is COc1cccc(CC(N)Cc2cccc(Cl)c2F)c1F. The number of nitrogens with two attached hydrogens (primary N) is 1. The topological polar surface area (TPSA) is 35.2 Å². The molecular formula is C16H16ClF2NO. The molecule has 2 rings (SSSR count). The highest BCUT2D eigenvalue weighted by atomic mass is 35.5. The molecule has 1 unspecified atom stereocenters. The van der Waals surface area contributed by atoms with Crippen molar-refractivity contribution >= 4 is 11.6 Å². The van der Waals surface area contributed by atoms with E-state index in [1.807, 2.05) is 0 Å². The molecule has 0 bridgehead atoms. The van der Waals surface area contributed by atoms with E-state index in [2.05, 4.69) is 0 Å². The monoisotopic (exact) mass is 311 g/mol. The molecule has 21 heavy (non-hydrogen) atoms. The lowest BCUT2D eigenvalue weighted by Crippen LogP contribution is -2.26. The summed E-state index contributed by atoms with van der Waals surface area (Å²) >= 11 is 5.73. The van der Waals surface area contributed by atoms with E-state index in [0.717, 1.165) is 0 Å². The molecule has 1 atom stereocenters. The van der Waals surface area contributed by atoms with E-state index in [4.69, 9.17) is 22.1 Å². The van der Waals surface area contributed by atoms with E-state index in [-0.39, 0.29) is 23.6 Å². The van der Waals surface area contributed by atoms with Crippen molar-refractivity contribution in [1.82, 2.24) is 0 Å². The number of rotatable bonds is 5. The zero-order valence-electron chi connectivity index (χ0n) is 11.6. The summed E-state index contributed by atoms with van der Waals surface area (Å²) in [6.07, 6.45) is 0.567. The second kappa shape index (κ2) is 6.87. The second-order valence-corrected chi connectivity index (χ2v) is 5.22. The van der Waals surface area contributed by atoms with Crippen LogP contribution >= 0.6 is 11.6 Å². The predicted molar refractivity (Wildman–Crippen MR) is 79.7 cm³/mol. The molecule has 2 nitrogen and oxygen atoms in total. The maximum absolute atomic E-state index is 14.0. The van der Waals surface area contributed by atoms with Gasteiger partial charge in [-0.25, -0.2) is 8.78 Å². The van der Waals surface area contributed by atoms with Gasteiger partial charge in [0.1, 0.15) is 5.82 Å². The van der Waals surface area contributed by atoms with Crippen LogP contribution < -0.4 is 10.5 Å². The Kier molecular flexibility index (Phi) is 5.15. The Hall–Kier alpha value is -1.65. The minimum Gasteiger partial charge on any atom is -0.494 e. The van der Waals surface area contributed by atoms with Crippen molar-refractivity contribution in [3.8, 4) is 5.75 Å². The third kappa shape index (κ3) is 3.71. The predicted octanol–water partition coefficient (Wildman–Crippen LogP) is 3.74. The quantitative estimate of drug-likeness (QED) is 0.913. The number of hydrogen-bond donors (Lipinski definition) is 1. The normalized spacial score (nSPS) is 12.2. The van der Waals surface area contributed by atoms with Gasteiger partial charge in [-0.05, 0) is 36.1 Å². The minimum absolute atomic E-state index is 0.0623. The van der Waals surface area contributed by atoms with Crippen LogP contribution in [0.2, 0.25) is 5.02 Å². The molecule has 0 saturated carbocycles. The summed E-state index contributed by atoms with van der Waals surface area (Å²) in [6.45, 7) is 0. The number of methoxy groups -OCH3 is 1. The van der Waals surface area contributed by atoms with E-state index >= 15 is 0 Å². The molecule has 0 saturated heterocycles. The molecular weight excluding hydrogens is 296 g/mol. The van der Waals surface area contributed by atoms with Crippen molar-refractivity contribution in [2.45, 2.75) is 18.9 Å². The molecule has 0 aromatic heterocycles. The standard InChI is InChI=1S/C16H16ClF2NO/c1-21-14-7-3-5-11(16(14)19)9-12(20)8-10-4-2-6-13(17)15(10)18/h2-7,12H,8-9,20H2,1H3. The molecule has 0 aliphatic rings. The van der Waals surface area contributed by atoms with Gasteiger partial charge in [-0.2, -0.15) is 0 Å². The maximum atomic E-state index is 14.0. The van der Waals surface area contributed by atoms with Gasteiger partial charge in [0.05, 0.1) is 12.1 Å². The third-order valence-corrected chi connectivity index (χ3v) is 3.55. The van der Waals surface area contributed by atoms with E-state index in [1.54, 1.807) is 30.3 Å². The van der Waals surface area contributed by atoms with Gasteiger partial charge in [-0.15, -0.1) is 0 Å². The van der Waals surface area contributed by atoms with Gasteiger partial charge in [0.15, 0.2) is 11.6 Å². The third-order valence-electron chi connectivity index (χ3n) is 3.26. The molecule has 0 radical (unpaired) electrons. The van der Waals surface area contributed by atoms with Gasteiger partial charge in [0, 0.05) is 6.04 Å². The molecule has 0 aliphatic heterocycles. The first-order chi connectivity index (χ1) is 10.0. The lowest BCUT2D eigenvalue weighted by molar-refractivity contribution is 0.383. The molecule has 112 valence electrons. The summed E-state index contributed by atoms with van der Waals surface area (Å²) in [5.41, 5.74) is 6.88. The highest BCUT2D eigenvalue weighted by Crippen LogP contribution is 2.23. The molecule has 0 spiro atoms. The first kappa shape index (κ1) is 15.7. The molecule has 2 N–H and O–H groups in total. The first-order valence-corrected chi connectivity index (χ1v) is 6.90. The number of halogens is 3. The van der Waals surface area contributed by atoms with E-state index in [9.17, 15) is 8.78 Å². The van der Waals surface area contributed by atoms with E-state index in [0.29, 0.717) is 11.1 Å². The zero-order chi connectivity index (χ0) is 15.4. The van der Waals surface area contributed by atoms with Gasteiger partial charge < -0.3 is 10.5 Å². The second-order valence-electron chi connectivity index (χ2n) is 4.81. The largest absolute Gasteiger partial charge is 0.494 e. The summed E-state index contributed by atoms with van der Waals surface area (Å²) in [5, 5.41) is 0.0623. The average Bonchev–Trinajstić information content (AvgIpc) is 2.46. The maximum Gasteiger partial charge on any atom is 0.168 e. The van der Waals surface area contributed by atoms with E-state index in [1.165, 1.54) is 13.2 Å². The van der Waals surface area contributed by atoms with Crippen molar-refractivity contribution in [3.63, 3.8) is 0 Å². The summed E-state index contributed by atoms with van der Waals surface area (Å²) in [6, 6.07) is 9.24. The molecule has 2 aromatic carbocycles. The molecule has 2 aromatic rings. The van der Waals surface area contributed by atoms with Crippen LogP contribution in [0.25, 0.3) is 0 Å². The fourth-order valence-electron chi connectivity index (χ4n) is 2.21. The van der Waals surface area contributed by atoms with Gasteiger partial charge in [0.2, 0.25) is 0 Å². The highest BCUT2D eigenvalue weighted by Gasteiger charge is 2.15. The van der Waals surface area contributed by atoms with Crippen molar-refractivity contribution in [2.75, 3.05) is 7.11 Å². The molecule has 5 heteroatoms. The Labute approximate surface area is 127 Å². The van der Waals surface area contributed by atoms with Crippen LogP contribution in [0.5, 0.6) is 5.75 Å². The van der Waals surface area contributed by atoms with Gasteiger partial charge in [-0.3, -0.25) is 0 Å². The van der Waals surface area contributed by atoms with Crippen LogP contribution in [0.4, 0.5) is 8.78 Å². The van der Waals surface area contributed by atoms with Crippen molar-refractivity contribution in [1.29, 1.82) is 0 Å². The minimum atomic E-state index is -0.472. The first-order valence-electron chi connectivity index (χ1n) is 6.52. The van der Waals surface area contributed by atoms with Gasteiger partial charge >= 0.3 is 0 Å². The summed E-state index contributed by atoms with van der Waals surface area (Å²) < 4.78 is 32.8. The fourth-order valence-corrected chi connectivity index (χ4v) is 2.41. The lowest BCUT2D eigenvalue weighted by Gasteiger charge is -2.14. The lowest BCUT2D eigenvalue weighted by atomic mass is 9.99. The Bertz CT molecular complexity index is 634. The van der Waals surface area contributed by atoms with Crippen molar-refractivity contribution < 1.29 is 13.5 Å². The van der Waals surface area contributed by atoms with Gasteiger partial charge in [-0.1, -0.05) is 35.9 Å². The molecule has 0 aliphatic carbocycles. The molecule has 0 heterocycles. The molecule has 0 amide bonds. The Morgan fingerprint density at radius 2 is 1.62 bits per heavy atom. The van der Waals surface area contributed by atoms with Gasteiger partial charge in [0.25, 0.3) is 0 Å². The Morgan fingerprint density at radius 1 is 1.05 bits per heavy atom. The van der Waals surface area contributed by atoms with Crippen LogP contribution in [0, 0.1) is 11.6 Å². The average molecular weight is 312 g/mol. The number of ether oxygens (including phenoxy) is 1. The summed E-state index contributed by atoms with van der Waals surface area (Å²) in [5.74, 6) is -0.726. The van der Waals surface area contributed by atoms with Crippen LogP contribution in [-0.2, 0) is 12.8 Å². The van der Waals surface area contributed by atoms with Crippen LogP contribution in [0.3, 0.4) is 0 Å². The Morgan fingerprint density at radius 3 is 2.24 bits per heavy atom. The van der Waals surface area contributed by atoms with Crippen LogP contribution in [-0.4, -0.2) is 13.2 Å². The summed E-state index contributed by atoms with van der Waals surface area (Å²) in [4.78, 5) is 0. The fraction of sp³-hybridized carbons (Fsp3) is 0.250.